The van der Waals surface area contributed by atoms with Crippen LogP contribution >= 0.6 is 0 Å². The summed E-state index contributed by atoms with van der Waals surface area (Å²) >= 11 is 0. The van der Waals surface area contributed by atoms with Gasteiger partial charge in [0.15, 0.2) is 11.9 Å². The van der Waals surface area contributed by atoms with E-state index in [2.05, 4.69) is 54.9 Å². The topological polar surface area (TPSA) is 13.1 Å². The van der Waals surface area contributed by atoms with Gasteiger partial charge in [-0.1, -0.05) is 32.8 Å². The number of nitrogens with zero attached hydrogens (tertiary/aromatic N) is 1. The third-order valence-electron chi connectivity index (χ3n) is 3.37. The van der Waals surface area contributed by atoms with E-state index in [1.807, 2.05) is 0 Å². The Bertz CT molecular complexity index is 516. The summed E-state index contributed by atoms with van der Waals surface area (Å²) in [5, 5.41) is 1.26. The highest BCUT2D eigenvalue weighted by Crippen LogP contribution is 2.22. The minimum atomic E-state index is 0.804. The Morgan fingerprint density at radius 3 is 2.58 bits per heavy atom. The van der Waals surface area contributed by atoms with Gasteiger partial charge in [-0.3, -0.25) is 0 Å². The molecule has 19 heavy (non-hydrogen) atoms. The zero-order valence-electron chi connectivity index (χ0n) is 12.1. The SMILES string of the molecule is CCCCOc1cccc2ccc[n+](CCCC)c12. The summed E-state index contributed by atoms with van der Waals surface area (Å²) in [6.45, 7) is 6.28. The van der Waals surface area contributed by atoms with Gasteiger partial charge in [-0.15, -0.1) is 0 Å². The normalized spacial score (nSPS) is 10.8. The number of ether oxygens (including phenoxy) is 1. The van der Waals surface area contributed by atoms with Gasteiger partial charge in [0.2, 0.25) is 0 Å². The second-order valence-corrected chi connectivity index (χ2v) is 4.95. The van der Waals surface area contributed by atoms with E-state index in [0.717, 1.165) is 25.3 Å². The summed E-state index contributed by atoms with van der Waals surface area (Å²) in [7, 11) is 0. The zero-order chi connectivity index (χ0) is 13.5. The van der Waals surface area contributed by atoms with Crippen molar-refractivity contribution < 1.29 is 9.30 Å². The number of para-hydroxylation sites is 1. The van der Waals surface area contributed by atoms with E-state index < -0.39 is 0 Å². The summed E-state index contributed by atoms with van der Waals surface area (Å²) in [6, 6.07) is 10.6. The van der Waals surface area contributed by atoms with Crippen LogP contribution in [-0.4, -0.2) is 6.61 Å². The Hall–Kier alpha value is -1.57. The molecule has 0 fully saturated rings. The highest BCUT2D eigenvalue weighted by Gasteiger charge is 2.13. The van der Waals surface area contributed by atoms with Crippen molar-refractivity contribution in [3.63, 3.8) is 0 Å². The molecule has 2 heteroatoms. The molecule has 0 N–H and O–H groups in total. The molecule has 0 radical (unpaired) electrons. The van der Waals surface area contributed by atoms with Crippen molar-refractivity contribution in [2.75, 3.05) is 6.61 Å². The van der Waals surface area contributed by atoms with Gasteiger partial charge in [-0.2, -0.15) is 4.57 Å². The van der Waals surface area contributed by atoms with Crippen LogP contribution in [0, 0.1) is 0 Å². The number of fused-ring (bicyclic) bond motifs is 1. The number of unbranched alkanes of at least 4 members (excludes halogenated alkanes) is 2. The molecule has 0 spiro atoms. The summed E-state index contributed by atoms with van der Waals surface area (Å²) in [6.07, 6.45) is 6.85. The third-order valence-corrected chi connectivity index (χ3v) is 3.37. The molecule has 2 aromatic rings. The first-order valence-corrected chi connectivity index (χ1v) is 7.40. The number of aryl methyl sites for hydroxylation is 1. The molecule has 1 aromatic carbocycles. The van der Waals surface area contributed by atoms with Crippen molar-refractivity contribution in [1.29, 1.82) is 0 Å². The predicted octanol–water partition coefficient (Wildman–Crippen LogP) is 4.11. The van der Waals surface area contributed by atoms with Crippen LogP contribution in [0.5, 0.6) is 5.75 Å². The van der Waals surface area contributed by atoms with Crippen LogP contribution in [0.2, 0.25) is 0 Å². The van der Waals surface area contributed by atoms with Crippen molar-refractivity contribution >= 4 is 10.9 Å². The summed E-state index contributed by atoms with van der Waals surface area (Å²) in [4.78, 5) is 0. The molecule has 0 aliphatic rings. The van der Waals surface area contributed by atoms with Gasteiger partial charge >= 0.3 is 0 Å². The predicted molar refractivity (Wildman–Crippen MR) is 79.5 cm³/mol. The van der Waals surface area contributed by atoms with Crippen LogP contribution < -0.4 is 9.30 Å². The van der Waals surface area contributed by atoms with E-state index in [1.165, 1.54) is 30.2 Å². The molecule has 2 rings (SSSR count). The fourth-order valence-electron chi connectivity index (χ4n) is 2.26. The first-order valence-electron chi connectivity index (χ1n) is 7.40. The Morgan fingerprint density at radius 2 is 1.79 bits per heavy atom. The Labute approximate surface area is 116 Å². The maximum absolute atomic E-state index is 5.96. The summed E-state index contributed by atoms with van der Waals surface area (Å²) in [5.41, 5.74) is 1.23. The molecule has 0 amide bonds. The Kier molecular flexibility index (Phi) is 5.20. The van der Waals surface area contributed by atoms with Crippen molar-refractivity contribution in [2.45, 2.75) is 46.1 Å². The molecule has 0 saturated carbocycles. The van der Waals surface area contributed by atoms with E-state index in [4.69, 9.17) is 4.74 Å². The lowest BCUT2D eigenvalue weighted by Gasteiger charge is -2.08. The highest BCUT2D eigenvalue weighted by atomic mass is 16.5. The quantitative estimate of drug-likeness (QED) is 0.538. The van der Waals surface area contributed by atoms with Gasteiger partial charge in [0.05, 0.1) is 12.0 Å². The maximum atomic E-state index is 5.96. The van der Waals surface area contributed by atoms with Gasteiger partial charge in [0.25, 0.3) is 5.52 Å². The number of pyridine rings is 1. The van der Waals surface area contributed by atoms with Crippen molar-refractivity contribution in [3.8, 4) is 5.75 Å². The molecule has 1 aromatic heterocycles. The second-order valence-electron chi connectivity index (χ2n) is 4.95. The molecule has 0 bridgehead atoms. The molecular weight excluding hydrogens is 234 g/mol. The van der Waals surface area contributed by atoms with Crippen LogP contribution in [0.1, 0.15) is 39.5 Å². The zero-order valence-corrected chi connectivity index (χ0v) is 12.1. The van der Waals surface area contributed by atoms with Gasteiger partial charge in [-0.05, 0) is 24.6 Å². The van der Waals surface area contributed by atoms with E-state index in [1.54, 1.807) is 0 Å². The first kappa shape index (κ1) is 13.9. The molecule has 1 heterocycles. The number of aromatic nitrogens is 1. The average molecular weight is 258 g/mol. The number of rotatable bonds is 7. The molecule has 102 valence electrons. The minimum Gasteiger partial charge on any atom is -0.487 e. The molecule has 0 aliphatic carbocycles. The van der Waals surface area contributed by atoms with Gasteiger partial charge < -0.3 is 4.74 Å². The lowest BCUT2D eigenvalue weighted by atomic mass is 10.2. The third kappa shape index (κ3) is 3.46. The van der Waals surface area contributed by atoms with Gasteiger partial charge in [0.1, 0.15) is 6.54 Å². The van der Waals surface area contributed by atoms with Crippen molar-refractivity contribution in [1.82, 2.24) is 0 Å². The van der Waals surface area contributed by atoms with E-state index in [9.17, 15) is 0 Å². The van der Waals surface area contributed by atoms with Crippen LogP contribution in [0.3, 0.4) is 0 Å². The van der Waals surface area contributed by atoms with Crippen LogP contribution in [-0.2, 0) is 6.54 Å². The molecule has 0 saturated heterocycles. The minimum absolute atomic E-state index is 0.804. The molecule has 0 aliphatic heterocycles. The first-order chi connectivity index (χ1) is 9.36. The monoisotopic (exact) mass is 258 g/mol. The van der Waals surface area contributed by atoms with Gasteiger partial charge in [0, 0.05) is 12.5 Å². The highest BCUT2D eigenvalue weighted by molar-refractivity contribution is 5.81. The van der Waals surface area contributed by atoms with E-state index in [0.29, 0.717) is 0 Å². The van der Waals surface area contributed by atoms with Crippen LogP contribution in [0.15, 0.2) is 36.5 Å². The fraction of sp³-hybridized carbons (Fsp3) is 0.471. The maximum Gasteiger partial charge on any atom is 0.254 e. The van der Waals surface area contributed by atoms with Crippen LogP contribution in [0.25, 0.3) is 10.9 Å². The van der Waals surface area contributed by atoms with Crippen molar-refractivity contribution in [2.24, 2.45) is 0 Å². The molecule has 0 atom stereocenters. The number of hydrogen-bond donors (Lipinski definition) is 0. The lowest BCUT2D eigenvalue weighted by Crippen LogP contribution is -2.34. The fourth-order valence-corrected chi connectivity index (χ4v) is 2.26. The number of hydrogen-bond acceptors (Lipinski definition) is 1. The van der Waals surface area contributed by atoms with E-state index in [-0.39, 0.29) is 0 Å². The Balaban J connectivity index is 2.33. The van der Waals surface area contributed by atoms with E-state index >= 15 is 0 Å². The smallest absolute Gasteiger partial charge is 0.254 e. The van der Waals surface area contributed by atoms with Crippen molar-refractivity contribution in [3.05, 3.63) is 36.5 Å². The largest absolute Gasteiger partial charge is 0.487 e. The standard InChI is InChI=1S/C17H24NO/c1-3-5-12-18-13-8-10-15-9-7-11-16(17(15)18)19-14-6-4-2/h7-11,13H,3-6,12,14H2,1-2H3/q+1. The molecular formula is C17H24NO+. The molecule has 0 unspecified atom stereocenters. The van der Waals surface area contributed by atoms with Gasteiger partial charge in [-0.25, -0.2) is 0 Å². The Morgan fingerprint density at radius 1 is 1.00 bits per heavy atom. The van der Waals surface area contributed by atoms with Crippen LogP contribution in [0.4, 0.5) is 0 Å². The second kappa shape index (κ2) is 7.13. The summed E-state index contributed by atoms with van der Waals surface area (Å²) < 4.78 is 8.28. The average Bonchev–Trinajstić information content (AvgIpc) is 2.45. The molecule has 2 nitrogen and oxygen atoms in total. The summed E-state index contributed by atoms with van der Waals surface area (Å²) in [5.74, 6) is 1.02. The lowest BCUT2D eigenvalue weighted by molar-refractivity contribution is -0.672. The number of benzene rings is 1.